The van der Waals surface area contributed by atoms with Crippen LogP contribution in [0.5, 0.6) is 0 Å². The van der Waals surface area contributed by atoms with Crippen molar-refractivity contribution in [3.8, 4) is 0 Å². The highest BCUT2D eigenvalue weighted by atomic mass is 35.5. The third-order valence-corrected chi connectivity index (χ3v) is 4.75. The zero-order valence-electron chi connectivity index (χ0n) is 9.79. The van der Waals surface area contributed by atoms with E-state index in [-0.39, 0.29) is 0 Å². The summed E-state index contributed by atoms with van der Waals surface area (Å²) in [5.74, 6) is 2.17. The largest absolute Gasteiger partial charge is 0.236 e. The summed E-state index contributed by atoms with van der Waals surface area (Å²) in [7, 11) is 0. The maximum absolute atomic E-state index is 6.16. The quantitative estimate of drug-likeness (QED) is 0.749. The monoisotopic (exact) mass is 256 g/mol. The summed E-state index contributed by atoms with van der Waals surface area (Å²) in [6.07, 6.45) is 4.72. The highest BCUT2D eigenvalue weighted by molar-refractivity contribution is 7.99. The summed E-state index contributed by atoms with van der Waals surface area (Å²) >= 11 is 8.12. The lowest BCUT2D eigenvalue weighted by molar-refractivity contribution is 0.657. The molecule has 1 saturated heterocycles. The highest BCUT2D eigenvalue weighted by Crippen LogP contribution is 2.37. The molecule has 0 aromatic carbocycles. The van der Waals surface area contributed by atoms with E-state index in [2.05, 4.69) is 16.9 Å². The van der Waals surface area contributed by atoms with Crippen molar-refractivity contribution >= 4 is 23.4 Å². The van der Waals surface area contributed by atoms with Gasteiger partial charge in [-0.15, -0.1) is 0 Å². The maximum atomic E-state index is 6.16. The van der Waals surface area contributed by atoms with Gasteiger partial charge in [0, 0.05) is 11.3 Å². The molecule has 2 rings (SSSR count). The highest BCUT2D eigenvalue weighted by Gasteiger charge is 2.20. The third-order valence-electron chi connectivity index (χ3n) is 3.01. The molecule has 0 N–H and O–H groups in total. The Kier molecular flexibility index (Phi) is 4.09. The predicted octanol–water partition coefficient (Wildman–Crippen LogP) is 3.96. The summed E-state index contributed by atoms with van der Waals surface area (Å²) in [5.41, 5.74) is 2.13. The zero-order valence-corrected chi connectivity index (χ0v) is 11.4. The second-order valence-corrected chi connectivity index (χ2v) is 5.82. The van der Waals surface area contributed by atoms with E-state index in [4.69, 9.17) is 11.6 Å². The molecule has 1 aliphatic heterocycles. The topological polar surface area (TPSA) is 25.8 Å². The molecule has 0 spiro atoms. The fourth-order valence-corrected chi connectivity index (χ4v) is 3.42. The van der Waals surface area contributed by atoms with Gasteiger partial charge in [0.15, 0.2) is 0 Å². The van der Waals surface area contributed by atoms with Gasteiger partial charge in [0.05, 0.1) is 5.25 Å². The molecule has 1 aromatic rings. The van der Waals surface area contributed by atoms with Crippen LogP contribution >= 0.6 is 23.4 Å². The Bertz CT molecular complexity index is 376. The van der Waals surface area contributed by atoms with Crippen LogP contribution in [0.2, 0.25) is 5.15 Å². The number of aryl methyl sites for hydroxylation is 1. The number of halogens is 1. The van der Waals surface area contributed by atoms with Crippen molar-refractivity contribution in [1.82, 2.24) is 9.97 Å². The van der Waals surface area contributed by atoms with Gasteiger partial charge in [0.1, 0.15) is 11.0 Å². The number of nitrogens with zero attached hydrogens (tertiary/aromatic N) is 2. The molecule has 1 fully saturated rings. The van der Waals surface area contributed by atoms with Crippen LogP contribution in [0.1, 0.15) is 48.5 Å². The molecular formula is C12H17ClN2S. The van der Waals surface area contributed by atoms with Crippen molar-refractivity contribution in [3.05, 3.63) is 22.2 Å². The van der Waals surface area contributed by atoms with Gasteiger partial charge < -0.3 is 0 Å². The van der Waals surface area contributed by atoms with Gasteiger partial charge >= 0.3 is 0 Å². The van der Waals surface area contributed by atoms with Gasteiger partial charge in [0.25, 0.3) is 0 Å². The van der Waals surface area contributed by atoms with Gasteiger partial charge in [0.2, 0.25) is 0 Å². The van der Waals surface area contributed by atoms with Crippen molar-refractivity contribution in [2.45, 2.75) is 44.8 Å². The van der Waals surface area contributed by atoms with Crippen LogP contribution in [0.25, 0.3) is 0 Å². The first-order chi connectivity index (χ1) is 7.72. The van der Waals surface area contributed by atoms with E-state index in [1.807, 2.05) is 18.7 Å². The van der Waals surface area contributed by atoms with Gasteiger partial charge in [-0.2, -0.15) is 11.8 Å². The van der Waals surface area contributed by atoms with E-state index >= 15 is 0 Å². The first-order valence-electron chi connectivity index (χ1n) is 5.87. The Morgan fingerprint density at radius 1 is 1.38 bits per heavy atom. The van der Waals surface area contributed by atoms with E-state index in [9.17, 15) is 0 Å². The van der Waals surface area contributed by atoms with Crippen molar-refractivity contribution in [2.75, 3.05) is 5.75 Å². The van der Waals surface area contributed by atoms with Crippen LogP contribution in [-0.4, -0.2) is 15.7 Å². The maximum Gasteiger partial charge on any atom is 0.143 e. The molecule has 1 unspecified atom stereocenters. The average molecular weight is 257 g/mol. The lowest BCUT2D eigenvalue weighted by Gasteiger charge is -2.20. The van der Waals surface area contributed by atoms with Crippen molar-refractivity contribution < 1.29 is 0 Å². The first-order valence-corrected chi connectivity index (χ1v) is 7.29. The summed E-state index contributed by atoms with van der Waals surface area (Å²) < 4.78 is 0. The van der Waals surface area contributed by atoms with Crippen LogP contribution in [0.4, 0.5) is 0 Å². The zero-order chi connectivity index (χ0) is 11.5. The van der Waals surface area contributed by atoms with E-state index in [0.717, 1.165) is 23.5 Å². The van der Waals surface area contributed by atoms with Gasteiger partial charge in [-0.25, -0.2) is 9.97 Å². The van der Waals surface area contributed by atoms with Gasteiger partial charge in [-0.1, -0.05) is 24.9 Å². The molecule has 0 amide bonds. The minimum absolute atomic E-state index is 0.456. The van der Waals surface area contributed by atoms with E-state index in [1.165, 1.54) is 25.0 Å². The van der Waals surface area contributed by atoms with Crippen LogP contribution in [0.3, 0.4) is 0 Å². The van der Waals surface area contributed by atoms with E-state index in [1.54, 1.807) is 0 Å². The second-order valence-electron chi connectivity index (χ2n) is 4.15. The normalized spacial score (nSPS) is 21.1. The Hall–Kier alpha value is -0.280. The van der Waals surface area contributed by atoms with Gasteiger partial charge in [-0.3, -0.25) is 0 Å². The molecule has 1 atom stereocenters. The summed E-state index contributed by atoms with van der Waals surface area (Å²) in [6, 6.07) is 0. The average Bonchev–Trinajstić information content (AvgIpc) is 2.33. The molecule has 16 heavy (non-hydrogen) atoms. The molecule has 0 bridgehead atoms. The van der Waals surface area contributed by atoms with Crippen LogP contribution in [0.15, 0.2) is 0 Å². The summed E-state index contributed by atoms with van der Waals surface area (Å²) in [6.45, 7) is 4.11. The fourth-order valence-electron chi connectivity index (χ4n) is 1.98. The SMILES string of the molecule is CCc1nc(C2CCCCS2)nc(Cl)c1C. The Morgan fingerprint density at radius 2 is 2.19 bits per heavy atom. The molecule has 4 heteroatoms. The Balaban J connectivity index is 2.29. The molecule has 2 heterocycles. The standard InChI is InChI=1S/C12H17ClN2S/c1-3-9-8(2)11(13)15-12(14-9)10-6-4-5-7-16-10/h10H,3-7H2,1-2H3. The molecule has 2 nitrogen and oxygen atoms in total. The lowest BCUT2D eigenvalue weighted by Crippen LogP contribution is -2.09. The molecule has 0 radical (unpaired) electrons. The smallest absolute Gasteiger partial charge is 0.143 e. The lowest BCUT2D eigenvalue weighted by atomic mass is 10.1. The molecular weight excluding hydrogens is 240 g/mol. The number of rotatable bonds is 2. The van der Waals surface area contributed by atoms with Crippen molar-refractivity contribution in [1.29, 1.82) is 0 Å². The van der Waals surface area contributed by atoms with Crippen LogP contribution in [0, 0.1) is 6.92 Å². The fraction of sp³-hybridized carbons (Fsp3) is 0.667. The molecule has 1 aliphatic rings. The number of thioether (sulfide) groups is 1. The van der Waals surface area contributed by atoms with Gasteiger partial charge in [-0.05, 0) is 31.9 Å². The Morgan fingerprint density at radius 3 is 2.81 bits per heavy atom. The van der Waals surface area contributed by atoms with Crippen LogP contribution < -0.4 is 0 Å². The van der Waals surface area contributed by atoms with Crippen molar-refractivity contribution in [2.24, 2.45) is 0 Å². The third kappa shape index (κ3) is 2.51. The molecule has 88 valence electrons. The van der Waals surface area contributed by atoms with Crippen molar-refractivity contribution in [3.63, 3.8) is 0 Å². The molecule has 0 saturated carbocycles. The summed E-state index contributed by atoms with van der Waals surface area (Å²) in [4.78, 5) is 9.10. The number of hydrogen-bond donors (Lipinski definition) is 0. The number of aromatic nitrogens is 2. The Labute approximate surface area is 106 Å². The van der Waals surface area contributed by atoms with Crippen LogP contribution in [-0.2, 0) is 6.42 Å². The molecule has 1 aromatic heterocycles. The van der Waals surface area contributed by atoms with E-state index < -0.39 is 0 Å². The second kappa shape index (κ2) is 5.37. The minimum Gasteiger partial charge on any atom is -0.236 e. The summed E-state index contributed by atoms with van der Waals surface area (Å²) in [5, 5.41) is 1.09. The molecule has 0 aliphatic carbocycles. The number of hydrogen-bond acceptors (Lipinski definition) is 3. The predicted molar refractivity (Wildman–Crippen MR) is 70.2 cm³/mol. The minimum atomic E-state index is 0.456. The van der Waals surface area contributed by atoms with E-state index in [0.29, 0.717) is 10.4 Å². The first kappa shape index (κ1) is 12.2.